The lowest BCUT2D eigenvalue weighted by atomic mass is 9.76. The Labute approximate surface area is 424 Å². The van der Waals surface area contributed by atoms with Gasteiger partial charge in [-0.25, -0.2) is 0 Å². The number of anilines is 3. The minimum atomic E-state index is -4.45. The Morgan fingerprint density at radius 2 is 1.46 bits per heavy atom. The molecule has 5 rings (SSSR count). The maximum absolute atomic E-state index is 12.8. The highest BCUT2D eigenvalue weighted by molar-refractivity contribution is 7.86. The van der Waals surface area contributed by atoms with Gasteiger partial charge in [0.05, 0.1) is 16.1 Å². The molecule has 0 saturated heterocycles. The Kier molecular flexibility index (Phi) is 20.5. The fourth-order valence-electron chi connectivity index (χ4n) is 9.17. The van der Waals surface area contributed by atoms with E-state index in [1.54, 1.807) is 6.07 Å². The lowest BCUT2D eigenvalue weighted by Gasteiger charge is -2.30. The van der Waals surface area contributed by atoms with Gasteiger partial charge in [-0.15, -0.1) is 0 Å². The van der Waals surface area contributed by atoms with Crippen LogP contribution in [0.1, 0.15) is 121 Å². The summed E-state index contributed by atoms with van der Waals surface area (Å²) >= 11 is 6.10. The normalized spacial score (nSPS) is 17.2. The number of amides is 1. The highest BCUT2D eigenvalue weighted by Crippen LogP contribution is 2.51. The minimum Gasteiger partial charge on any atom is -0.481 e. The van der Waals surface area contributed by atoms with Crippen molar-refractivity contribution in [1.82, 2.24) is 20.3 Å². The molecule has 71 heavy (non-hydrogen) atoms. The van der Waals surface area contributed by atoms with E-state index in [-0.39, 0.29) is 40.9 Å². The molecule has 386 valence electrons. The number of aliphatic carboxylic acids is 1. The third-order valence-electron chi connectivity index (χ3n) is 12.7. The van der Waals surface area contributed by atoms with Gasteiger partial charge in [-0.3, -0.25) is 18.7 Å². The van der Waals surface area contributed by atoms with Crippen molar-refractivity contribution in [2.75, 3.05) is 54.0 Å². The molecule has 1 atom stereocenters. The molecule has 3 aromatic rings. The van der Waals surface area contributed by atoms with Gasteiger partial charge in [-0.05, 0) is 108 Å². The van der Waals surface area contributed by atoms with E-state index in [1.807, 2.05) is 54.9 Å². The first-order chi connectivity index (χ1) is 33.6. The van der Waals surface area contributed by atoms with Gasteiger partial charge in [0.15, 0.2) is 5.71 Å². The van der Waals surface area contributed by atoms with Gasteiger partial charge in [-0.2, -0.15) is 36.4 Å². The van der Waals surface area contributed by atoms with Crippen molar-refractivity contribution in [2.45, 2.75) is 127 Å². The van der Waals surface area contributed by atoms with Crippen molar-refractivity contribution in [3.05, 3.63) is 107 Å². The van der Waals surface area contributed by atoms with Crippen molar-refractivity contribution < 1.29 is 45.2 Å². The molecule has 20 heteroatoms. The summed E-state index contributed by atoms with van der Waals surface area (Å²) in [7, 11) is -8.63. The molecule has 0 spiro atoms. The van der Waals surface area contributed by atoms with Crippen LogP contribution in [-0.2, 0) is 40.7 Å². The molecule has 0 aliphatic carbocycles. The van der Waals surface area contributed by atoms with Gasteiger partial charge < -0.3 is 26.0 Å². The number of hydrogen-bond acceptors (Lipinski definition) is 12. The Morgan fingerprint density at radius 1 is 0.789 bits per heavy atom. The van der Waals surface area contributed by atoms with E-state index in [0.29, 0.717) is 62.0 Å². The van der Waals surface area contributed by atoms with Gasteiger partial charge in [0.2, 0.25) is 28.8 Å². The van der Waals surface area contributed by atoms with E-state index in [9.17, 15) is 35.5 Å². The smallest absolute Gasteiger partial charge is 0.303 e. The number of carboxylic acid groups (broad SMARTS) is 1. The summed E-state index contributed by atoms with van der Waals surface area (Å²) in [6.45, 7) is 13.2. The van der Waals surface area contributed by atoms with Crippen LogP contribution in [0.5, 0.6) is 0 Å². The second-order valence-electron chi connectivity index (χ2n) is 18.7. The van der Waals surface area contributed by atoms with Crippen LogP contribution < -0.4 is 20.9 Å². The zero-order valence-corrected chi connectivity index (χ0v) is 43.8. The van der Waals surface area contributed by atoms with Crippen molar-refractivity contribution in [3.63, 3.8) is 0 Å². The summed E-state index contributed by atoms with van der Waals surface area (Å²) in [4.78, 5) is 38.2. The van der Waals surface area contributed by atoms with Gasteiger partial charge in [0, 0.05) is 79.9 Å². The lowest BCUT2D eigenvalue weighted by Crippen LogP contribution is -2.29. The van der Waals surface area contributed by atoms with Gasteiger partial charge in [0.25, 0.3) is 20.2 Å². The molecule has 2 aliphatic rings. The number of carboxylic acids is 1. The van der Waals surface area contributed by atoms with E-state index in [4.69, 9.17) is 16.7 Å². The summed E-state index contributed by atoms with van der Waals surface area (Å²) in [5.74, 6) is -0.546. The average Bonchev–Trinajstić information content (AvgIpc) is 3.64. The number of carbonyl (C=O) groups excluding carboxylic acids is 1. The van der Waals surface area contributed by atoms with Gasteiger partial charge in [-0.1, -0.05) is 74.3 Å². The number of nitrogens with zero attached hydrogens (tertiary/aromatic N) is 5. The van der Waals surface area contributed by atoms with Crippen LogP contribution in [0.15, 0.2) is 89.5 Å². The second-order valence-corrected chi connectivity index (χ2v) is 22.0. The quantitative estimate of drug-likeness (QED) is 0.0164. The number of hydrogen-bond donors (Lipinski definition) is 6. The van der Waals surface area contributed by atoms with Crippen LogP contribution in [0.2, 0.25) is 5.28 Å². The molecule has 0 fully saturated rings. The topological polar surface area (TPSA) is 244 Å². The van der Waals surface area contributed by atoms with E-state index in [1.165, 1.54) is 34.6 Å². The molecule has 2 aliphatic heterocycles. The summed E-state index contributed by atoms with van der Waals surface area (Å²) < 4.78 is 68.2. The van der Waals surface area contributed by atoms with E-state index >= 15 is 0 Å². The molecule has 1 unspecified atom stereocenters. The van der Waals surface area contributed by atoms with E-state index < -0.39 is 37.4 Å². The van der Waals surface area contributed by atoms with E-state index in [0.717, 1.165) is 57.2 Å². The highest BCUT2D eigenvalue weighted by atomic mass is 35.5. The van der Waals surface area contributed by atoms with E-state index in [2.05, 4.69) is 80.8 Å². The number of aromatic nitrogens is 3. The Hall–Kier alpha value is -5.47. The molecule has 1 aromatic heterocycles. The number of halogens is 1. The van der Waals surface area contributed by atoms with Crippen molar-refractivity contribution in [1.29, 1.82) is 0 Å². The molecule has 0 saturated carbocycles. The number of unbranched alkanes of at least 4 members (excludes halogenated alkanes) is 4. The number of allylic oxidation sites excluding steroid dienone is 8. The lowest BCUT2D eigenvalue weighted by molar-refractivity contribution is -0.437. The molecule has 0 radical (unpaired) electrons. The maximum atomic E-state index is 12.8. The molecule has 2 aromatic carbocycles. The maximum Gasteiger partial charge on any atom is 0.303 e. The molecule has 0 bridgehead atoms. The molecule has 6 N–H and O–H groups in total. The Balaban J connectivity index is 1.16. The predicted octanol–water partition coefficient (Wildman–Crippen LogP) is 9.10. The highest BCUT2D eigenvalue weighted by Gasteiger charge is 2.45. The molecule has 3 heterocycles. The summed E-state index contributed by atoms with van der Waals surface area (Å²) in [5.41, 5.74) is 6.14. The van der Waals surface area contributed by atoms with Crippen LogP contribution in [0, 0.1) is 6.92 Å². The average molecular weight is 1040 g/mol. The molecule has 1 amide bonds. The fourth-order valence-corrected chi connectivity index (χ4v) is 10.3. The van der Waals surface area contributed by atoms with Crippen LogP contribution in [0.25, 0.3) is 0 Å². The zero-order chi connectivity index (χ0) is 51.8. The third-order valence-corrected chi connectivity index (χ3v) is 14.6. The largest absolute Gasteiger partial charge is 0.481 e. The fraction of sp³-hybridized carbons (Fsp3) is 0.490. The zero-order valence-electron chi connectivity index (χ0n) is 41.5. The number of nitrogens with one attached hydrogen (secondary N) is 3. The van der Waals surface area contributed by atoms with Crippen molar-refractivity contribution in [2.24, 2.45) is 0 Å². The summed E-state index contributed by atoms with van der Waals surface area (Å²) in [6.07, 6.45) is 21.8. The molecule has 17 nitrogen and oxygen atoms in total. The summed E-state index contributed by atoms with van der Waals surface area (Å²) in [6, 6.07) is 11.0. The summed E-state index contributed by atoms with van der Waals surface area (Å²) in [5, 5.41) is 18.1. The van der Waals surface area contributed by atoms with Crippen LogP contribution in [0.4, 0.5) is 23.3 Å². The van der Waals surface area contributed by atoms with Gasteiger partial charge >= 0.3 is 5.97 Å². The van der Waals surface area contributed by atoms with Crippen molar-refractivity contribution in [3.8, 4) is 0 Å². The van der Waals surface area contributed by atoms with Crippen LogP contribution in [0.3, 0.4) is 0 Å². The van der Waals surface area contributed by atoms with Crippen molar-refractivity contribution >= 4 is 72.7 Å². The Bertz CT molecular complexity index is 2760. The SMILES string of the molecule is CCCN1C(=CC=CC=CC=CC2=[N+](CCCS(=O)(=O)O)c3ccc(S(=O)(=O)O)cc3C2(C)C)C(C)(CCCCCC(=O)NCCCNc2nc(Cl)nc(NCCCCCC(=O)O)n2)c2cc(C)ccc21. The number of benzene rings is 2. The number of fused-ring (bicyclic) bond motifs is 2. The number of rotatable bonds is 29. The predicted molar refractivity (Wildman–Crippen MR) is 280 cm³/mol. The molecular formula is C51H70ClN8O9S2+. The monoisotopic (exact) mass is 1040 g/mol. The standard InChI is InChI=1S/C51H69ClN8O9S2/c1-6-32-59-42-26-24-37(2)35-40(42)51(5,28-16-10-14-22-45(61)53-30-18-31-55-49-57-47(52)56-48(58-49)54-29-17-11-15-23-46(62)63)44(59)21-13-9-7-8-12-20-43-50(3,4)39-36-38(71(67,68)69)25-27-41(39)60(43)33-19-34-70(64,65)66/h7-9,12-13,20-21,24-27,35-36H,6,10-11,14-19,22-23,28-34H2,1-5H3,(H5-,53,54,55,56,57,58,61,62,63,64,65,66,67,68,69)/p+1. The first-order valence-electron chi connectivity index (χ1n) is 24.3. The second kappa shape index (κ2) is 25.8. The Morgan fingerprint density at radius 3 is 2.15 bits per heavy atom. The first-order valence-corrected chi connectivity index (χ1v) is 27.8. The number of carbonyl (C=O) groups is 2. The number of aryl methyl sites for hydroxylation is 1. The third kappa shape index (κ3) is 16.3. The van der Waals surface area contributed by atoms with Gasteiger partial charge in [0.1, 0.15) is 6.54 Å². The van der Waals surface area contributed by atoms with Crippen LogP contribution in [-0.4, -0.2) is 107 Å². The molecular weight excluding hydrogens is 968 g/mol. The van der Waals surface area contributed by atoms with Crippen LogP contribution >= 0.6 is 11.6 Å². The minimum absolute atomic E-state index is 0.0109. The first kappa shape index (κ1) is 56.4.